The Bertz CT molecular complexity index is 504. The zero-order chi connectivity index (χ0) is 15.8. The number of rotatable bonds is 7. The van der Waals surface area contributed by atoms with E-state index in [-0.39, 0.29) is 5.91 Å². The zero-order valence-corrected chi connectivity index (χ0v) is 13.1. The number of nitrogens with zero attached hydrogens (tertiary/aromatic N) is 1. The largest absolute Gasteiger partial charge is 0.465 e. The van der Waals surface area contributed by atoms with Gasteiger partial charge in [0.2, 0.25) is 0 Å². The number of esters is 1. The normalized spacial score (nSPS) is 10.3. The van der Waals surface area contributed by atoms with Crippen LogP contribution in [0.5, 0.6) is 0 Å². The van der Waals surface area contributed by atoms with Crippen molar-refractivity contribution in [2.45, 2.75) is 13.2 Å². The lowest BCUT2D eigenvalue weighted by Gasteiger charge is -2.11. The molecule has 0 unspecified atom stereocenters. The van der Waals surface area contributed by atoms with Gasteiger partial charge in [-0.25, -0.2) is 4.79 Å². The molecule has 1 radical (unpaired) electrons. The highest BCUT2D eigenvalue weighted by Gasteiger charge is 2.12. The van der Waals surface area contributed by atoms with Gasteiger partial charge < -0.3 is 15.0 Å². The van der Waals surface area contributed by atoms with Gasteiger partial charge in [-0.05, 0) is 33.1 Å². The maximum atomic E-state index is 12.1. The van der Waals surface area contributed by atoms with E-state index in [1.165, 1.54) is 7.11 Å². The van der Waals surface area contributed by atoms with Crippen molar-refractivity contribution in [3.05, 3.63) is 29.3 Å². The summed E-state index contributed by atoms with van der Waals surface area (Å²) in [6.07, 6.45) is 0.877. The summed E-state index contributed by atoms with van der Waals surface area (Å²) < 4.78 is 4.71. The van der Waals surface area contributed by atoms with E-state index in [9.17, 15) is 9.59 Å². The molecular formula is C15H22BN2O3. The summed E-state index contributed by atoms with van der Waals surface area (Å²) in [5.74, 6) is -0.622. The smallest absolute Gasteiger partial charge is 0.337 e. The summed E-state index contributed by atoms with van der Waals surface area (Å²) in [4.78, 5) is 25.8. The quantitative estimate of drug-likeness (QED) is 0.452. The number of benzene rings is 1. The third-order valence-electron chi connectivity index (χ3n) is 3.04. The number of carbonyl (C=O) groups is 2. The summed E-state index contributed by atoms with van der Waals surface area (Å²) in [7, 11) is 7.15. The average Bonchev–Trinajstić information content (AvgIpc) is 2.49. The van der Waals surface area contributed by atoms with Crippen LogP contribution in [0, 0.1) is 0 Å². The van der Waals surface area contributed by atoms with Gasteiger partial charge in [-0.2, -0.15) is 0 Å². The molecule has 0 aliphatic rings. The molecule has 1 N–H and O–H groups in total. The molecule has 0 fully saturated rings. The second-order valence-corrected chi connectivity index (χ2v) is 5.04. The van der Waals surface area contributed by atoms with Gasteiger partial charge in [0.05, 0.1) is 12.7 Å². The SMILES string of the molecule is C[B]c1cc(C(=O)NCCCN(C)C)cc(C(=O)OC)c1. The number of hydrogen-bond acceptors (Lipinski definition) is 4. The molecule has 0 aliphatic carbocycles. The molecule has 0 aromatic heterocycles. The molecule has 5 nitrogen and oxygen atoms in total. The standard InChI is InChI=1S/C15H22BN2O3/c1-16-13-9-11(8-12(10-13)15(20)21-4)14(19)17-6-5-7-18(2)3/h8-10H,5-7H2,1-4H3,(H,17,19). The van der Waals surface area contributed by atoms with Crippen molar-refractivity contribution >= 4 is 24.6 Å². The van der Waals surface area contributed by atoms with Crippen LogP contribution < -0.4 is 10.8 Å². The van der Waals surface area contributed by atoms with Gasteiger partial charge in [-0.1, -0.05) is 24.4 Å². The summed E-state index contributed by atoms with van der Waals surface area (Å²) in [6, 6.07) is 5.02. The van der Waals surface area contributed by atoms with Crippen molar-refractivity contribution in [3.8, 4) is 0 Å². The zero-order valence-electron chi connectivity index (χ0n) is 13.1. The maximum Gasteiger partial charge on any atom is 0.337 e. The lowest BCUT2D eigenvalue weighted by Crippen LogP contribution is -2.28. The Kier molecular flexibility index (Phi) is 6.95. The van der Waals surface area contributed by atoms with Crippen molar-refractivity contribution in [1.82, 2.24) is 10.2 Å². The molecule has 0 atom stereocenters. The summed E-state index contributed by atoms with van der Waals surface area (Å²) >= 11 is 0. The Morgan fingerprint density at radius 2 is 1.90 bits per heavy atom. The number of methoxy groups -OCH3 is 1. The second kappa shape index (κ2) is 8.47. The van der Waals surface area contributed by atoms with E-state index in [2.05, 4.69) is 10.2 Å². The Morgan fingerprint density at radius 3 is 2.48 bits per heavy atom. The number of carbonyl (C=O) groups excluding carboxylic acids is 2. The highest BCUT2D eigenvalue weighted by Crippen LogP contribution is 2.05. The van der Waals surface area contributed by atoms with Gasteiger partial charge in [0, 0.05) is 12.1 Å². The molecule has 1 rings (SSSR count). The molecule has 113 valence electrons. The molecule has 0 spiro atoms. The average molecular weight is 289 g/mol. The van der Waals surface area contributed by atoms with E-state index < -0.39 is 5.97 Å². The first-order valence-corrected chi connectivity index (χ1v) is 6.93. The molecule has 0 saturated carbocycles. The van der Waals surface area contributed by atoms with Crippen LogP contribution in [0.4, 0.5) is 0 Å². The van der Waals surface area contributed by atoms with Crippen LogP contribution >= 0.6 is 0 Å². The second-order valence-electron chi connectivity index (χ2n) is 5.04. The minimum absolute atomic E-state index is 0.178. The van der Waals surface area contributed by atoms with Crippen molar-refractivity contribution < 1.29 is 14.3 Å². The minimum Gasteiger partial charge on any atom is -0.465 e. The fourth-order valence-corrected chi connectivity index (χ4v) is 1.88. The molecule has 0 bridgehead atoms. The third kappa shape index (κ3) is 5.59. The molecule has 21 heavy (non-hydrogen) atoms. The first kappa shape index (κ1) is 17.2. The van der Waals surface area contributed by atoms with Crippen molar-refractivity contribution in [2.75, 3.05) is 34.3 Å². The first-order chi connectivity index (χ1) is 9.97. The van der Waals surface area contributed by atoms with Crippen LogP contribution in [-0.4, -0.2) is 58.4 Å². The lowest BCUT2D eigenvalue weighted by atomic mass is 9.72. The molecule has 1 amide bonds. The van der Waals surface area contributed by atoms with Crippen LogP contribution in [0.25, 0.3) is 0 Å². The van der Waals surface area contributed by atoms with Crippen LogP contribution in [-0.2, 0) is 4.74 Å². The molecule has 0 saturated heterocycles. The molecule has 1 aromatic rings. The Labute approximate surface area is 126 Å². The predicted molar refractivity (Wildman–Crippen MR) is 84.5 cm³/mol. The lowest BCUT2D eigenvalue weighted by molar-refractivity contribution is 0.0601. The molecular weight excluding hydrogens is 267 g/mol. The molecule has 0 aliphatic heterocycles. The topological polar surface area (TPSA) is 58.6 Å². The Hall–Kier alpha value is -1.82. The Balaban J connectivity index is 2.76. The molecule has 6 heteroatoms. The highest BCUT2D eigenvalue weighted by molar-refractivity contribution is 6.52. The maximum absolute atomic E-state index is 12.1. The van der Waals surface area contributed by atoms with Crippen molar-refractivity contribution in [3.63, 3.8) is 0 Å². The van der Waals surface area contributed by atoms with Crippen molar-refractivity contribution in [1.29, 1.82) is 0 Å². The fourth-order valence-electron chi connectivity index (χ4n) is 1.88. The van der Waals surface area contributed by atoms with E-state index in [4.69, 9.17) is 4.74 Å². The van der Waals surface area contributed by atoms with Crippen molar-refractivity contribution in [2.24, 2.45) is 0 Å². The van der Waals surface area contributed by atoms with Crippen LogP contribution in [0.15, 0.2) is 18.2 Å². The third-order valence-corrected chi connectivity index (χ3v) is 3.04. The minimum atomic E-state index is -0.444. The van der Waals surface area contributed by atoms with Gasteiger partial charge >= 0.3 is 5.97 Å². The number of ether oxygens (including phenoxy) is 1. The Morgan fingerprint density at radius 1 is 1.24 bits per heavy atom. The fraction of sp³-hybridized carbons (Fsp3) is 0.467. The van der Waals surface area contributed by atoms with E-state index in [1.807, 2.05) is 28.2 Å². The summed E-state index contributed by atoms with van der Waals surface area (Å²) in [5, 5.41) is 2.86. The highest BCUT2D eigenvalue weighted by atomic mass is 16.5. The number of amides is 1. The van der Waals surface area contributed by atoms with Gasteiger partial charge in [-0.15, -0.1) is 0 Å². The van der Waals surface area contributed by atoms with Gasteiger partial charge in [0.25, 0.3) is 5.91 Å². The summed E-state index contributed by atoms with van der Waals surface area (Å²) in [5.41, 5.74) is 1.67. The van der Waals surface area contributed by atoms with Gasteiger partial charge in [0.1, 0.15) is 7.28 Å². The predicted octanol–water partition coefficient (Wildman–Crippen LogP) is 0.532. The van der Waals surface area contributed by atoms with Crippen LogP contribution in [0.2, 0.25) is 6.82 Å². The monoisotopic (exact) mass is 289 g/mol. The molecule has 1 aromatic carbocycles. The summed E-state index contributed by atoms with van der Waals surface area (Å²) in [6.45, 7) is 3.37. The number of hydrogen-bond donors (Lipinski definition) is 1. The molecule has 0 heterocycles. The van der Waals surface area contributed by atoms with E-state index in [0.717, 1.165) is 18.4 Å². The van der Waals surface area contributed by atoms with E-state index in [0.29, 0.717) is 17.7 Å². The van der Waals surface area contributed by atoms with E-state index >= 15 is 0 Å². The van der Waals surface area contributed by atoms with E-state index in [1.54, 1.807) is 18.2 Å². The first-order valence-electron chi connectivity index (χ1n) is 6.93. The van der Waals surface area contributed by atoms with Gasteiger partial charge in [-0.3, -0.25) is 4.79 Å². The van der Waals surface area contributed by atoms with Crippen LogP contribution in [0.1, 0.15) is 27.1 Å². The number of nitrogens with one attached hydrogen (secondary N) is 1. The van der Waals surface area contributed by atoms with Gasteiger partial charge in [0.15, 0.2) is 0 Å². The van der Waals surface area contributed by atoms with Crippen LogP contribution in [0.3, 0.4) is 0 Å².